The molecule has 0 atom stereocenters. The van der Waals surface area contributed by atoms with Crippen LogP contribution < -0.4 is 12.4 Å². The third-order valence-electron chi connectivity index (χ3n) is 0.971. The number of rotatable bonds is 2. The van der Waals surface area contributed by atoms with E-state index in [0.29, 0.717) is 11.0 Å². The average Bonchev–Trinajstić information content (AvgIpc) is 1.64. The van der Waals surface area contributed by atoms with Crippen molar-refractivity contribution in [1.82, 2.24) is 0 Å². The monoisotopic (exact) mass is 224 g/mol. The zero-order chi connectivity index (χ0) is 7.33. The van der Waals surface area contributed by atoms with Gasteiger partial charge in [-0.3, -0.25) is 0 Å². The second kappa shape index (κ2) is 12.2. The van der Waals surface area contributed by atoms with Crippen LogP contribution in [0, 0.1) is 5.75 Å². The second-order valence-electron chi connectivity index (χ2n) is 2.32. The Morgan fingerprint density at radius 1 is 1.50 bits per heavy atom. The van der Waals surface area contributed by atoms with E-state index in [0.717, 1.165) is 0 Å². The van der Waals surface area contributed by atoms with Crippen LogP contribution in [0.15, 0.2) is 0 Å². The van der Waals surface area contributed by atoms with Crippen LogP contribution in [0.4, 0.5) is 0 Å². The summed E-state index contributed by atoms with van der Waals surface area (Å²) in [6.45, 7) is 0.644. The fourth-order valence-electron chi connectivity index (χ4n) is 0.411. The van der Waals surface area contributed by atoms with Crippen molar-refractivity contribution in [2.75, 3.05) is 27.2 Å². The molecule has 0 aromatic carbocycles. The molecular weight excluding hydrogens is 211 g/mol. The van der Waals surface area contributed by atoms with E-state index in [1.165, 1.54) is 0 Å². The van der Waals surface area contributed by atoms with Gasteiger partial charge in [-0.2, -0.15) is 0 Å². The van der Waals surface area contributed by atoms with Gasteiger partial charge in [0.25, 0.3) is 0 Å². The molecule has 0 spiro atoms. The second-order valence-corrected chi connectivity index (χ2v) is 2.71. The van der Waals surface area contributed by atoms with E-state index in [-0.39, 0.29) is 62.0 Å². The summed E-state index contributed by atoms with van der Waals surface area (Å²) in [5.74, 6) is 2.62. The average molecular weight is 225 g/mol. The zero-order valence-corrected chi connectivity index (χ0v) is 11.2. The number of likely N-dealkylation sites (N-methyl/N-ethyl adjacent to an activating group) is 1. The summed E-state index contributed by atoms with van der Waals surface area (Å²) >= 11 is 0. The zero-order valence-electron chi connectivity index (χ0n) is 7.54. The summed E-state index contributed by atoms with van der Waals surface area (Å²) in [6, 6.07) is 0. The van der Waals surface area contributed by atoms with E-state index >= 15 is 0 Å². The number of nitrogens with zero attached hydrogens (tertiary/aromatic N) is 1. The van der Waals surface area contributed by atoms with Gasteiger partial charge in [0, 0.05) is 29.6 Å². The van der Waals surface area contributed by atoms with Crippen LogP contribution in [0.5, 0.6) is 0 Å². The first kappa shape index (κ1) is 23.2. The van der Waals surface area contributed by atoms with Crippen LogP contribution in [0.25, 0.3) is 0 Å². The molecular formula is C5H13ClNNaO3P. The molecule has 3 N–H and O–H groups in total. The summed E-state index contributed by atoms with van der Waals surface area (Å²) in [5, 5.41) is 8.47. The van der Waals surface area contributed by atoms with Crippen molar-refractivity contribution in [3.63, 3.8) is 0 Å². The molecule has 0 aliphatic rings. The summed E-state index contributed by atoms with van der Waals surface area (Å²) in [4.78, 5) is 0. The van der Waals surface area contributed by atoms with E-state index in [9.17, 15) is 4.57 Å². The van der Waals surface area contributed by atoms with Gasteiger partial charge in [-0.15, -0.1) is 0 Å². The minimum absolute atomic E-state index is 0. The van der Waals surface area contributed by atoms with Crippen molar-refractivity contribution >= 4 is 37.5 Å². The maximum Gasteiger partial charge on any atom is 0 e. The molecule has 0 bridgehead atoms. The summed E-state index contributed by atoms with van der Waals surface area (Å²) in [7, 11) is 3.54. The largest absolute Gasteiger partial charge is 1.00 e. The Labute approximate surface area is 102 Å². The minimum atomic E-state index is -0.105. The molecule has 0 aromatic heterocycles. The Morgan fingerprint density at radius 3 is 2.17 bits per heavy atom. The molecule has 7 heteroatoms. The minimum Gasteiger partial charge on any atom is -1.00 e. The van der Waals surface area contributed by atoms with Gasteiger partial charge in [-0.25, -0.2) is 0 Å². The maximum atomic E-state index is 9.98. The Hall–Kier alpha value is 1.18. The molecule has 0 saturated heterocycles. The van der Waals surface area contributed by atoms with Crippen LogP contribution in [0.1, 0.15) is 0 Å². The SMILES string of the molecule is C[N+](C)(C#P=O)CCO.O.[Cl-].[Na]. The smallest absolute Gasteiger partial charge is 0 e. The molecule has 0 aromatic rings. The van der Waals surface area contributed by atoms with Crippen LogP contribution >= 0.6 is 7.92 Å². The fraction of sp³-hybridized carbons (Fsp3) is 0.800. The van der Waals surface area contributed by atoms with E-state index in [4.69, 9.17) is 5.11 Å². The van der Waals surface area contributed by atoms with Crippen molar-refractivity contribution in [2.45, 2.75) is 0 Å². The Kier molecular flexibility index (Phi) is 23.5. The molecule has 0 saturated carbocycles. The van der Waals surface area contributed by atoms with Crippen molar-refractivity contribution < 1.29 is 32.0 Å². The Morgan fingerprint density at radius 2 is 1.92 bits per heavy atom. The van der Waals surface area contributed by atoms with E-state index < -0.39 is 0 Å². The molecule has 0 amide bonds. The quantitative estimate of drug-likeness (QED) is 0.296. The molecule has 0 fully saturated rings. The van der Waals surface area contributed by atoms with Gasteiger partial charge in [-0.05, 0) is 0 Å². The van der Waals surface area contributed by atoms with Crippen LogP contribution in [-0.4, -0.2) is 71.9 Å². The summed E-state index contributed by atoms with van der Waals surface area (Å²) < 4.78 is 10.3. The van der Waals surface area contributed by atoms with Gasteiger partial charge in [-0.1, -0.05) is 0 Å². The molecule has 0 rings (SSSR count). The number of aliphatic hydroxyl groups is 1. The van der Waals surface area contributed by atoms with Crippen molar-refractivity contribution in [3.05, 3.63) is 0 Å². The maximum absolute atomic E-state index is 9.98. The first-order chi connectivity index (χ1) is 4.12. The van der Waals surface area contributed by atoms with Crippen LogP contribution in [0.3, 0.4) is 0 Å². The van der Waals surface area contributed by atoms with Crippen LogP contribution in [0.2, 0.25) is 0 Å². The predicted octanol–water partition coefficient (Wildman–Crippen LogP) is -3.94. The number of hydrogen-bond donors (Lipinski definition) is 1. The van der Waals surface area contributed by atoms with E-state index in [2.05, 4.69) is 5.75 Å². The van der Waals surface area contributed by atoms with Gasteiger partial charge in [0.05, 0.1) is 0 Å². The standard InChI is InChI=1S/C5H11NO2P.ClH.Na.H2O/c1-6(2,3-4-7)5-9-8;;;/h7H,3-4H2,1-2H3;1H;;1H2/q+1;;;/p-1. The summed E-state index contributed by atoms with van der Waals surface area (Å²) in [6.07, 6.45) is 0. The topological polar surface area (TPSA) is 68.8 Å². The van der Waals surface area contributed by atoms with Gasteiger partial charge in [0.15, 0.2) is 0 Å². The van der Waals surface area contributed by atoms with Gasteiger partial charge < -0.3 is 17.9 Å². The molecule has 12 heavy (non-hydrogen) atoms. The third kappa shape index (κ3) is 13.7. The molecule has 0 aliphatic heterocycles. The van der Waals surface area contributed by atoms with Gasteiger partial charge in [0.2, 0.25) is 0 Å². The van der Waals surface area contributed by atoms with Crippen LogP contribution in [-0.2, 0) is 4.57 Å². The molecule has 1 radical (unpaired) electrons. The fourth-order valence-corrected chi connectivity index (χ4v) is 0.732. The van der Waals surface area contributed by atoms with Crippen molar-refractivity contribution in [1.29, 1.82) is 0 Å². The van der Waals surface area contributed by atoms with E-state index in [1.807, 2.05) is 14.1 Å². The molecule has 0 aliphatic carbocycles. The molecule has 0 heterocycles. The number of hydrogen-bond acceptors (Lipinski definition) is 2. The Bertz CT molecular complexity index is 182. The normalized spacial score (nSPS) is 7.92. The number of quaternary nitrogens is 1. The molecule has 69 valence electrons. The Balaban J connectivity index is -0.000000107. The number of aliphatic hydroxyl groups excluding tert-OH is 1. The van der Waals surface area contributed by atoms with Gasteiger partial charge >= 0.3 is 55.1 Å². The number of halogens is 1. The van der Waals surface area contributed by atoms with Crippen molar-refractivity contribution in [3.8, 4) is 5.75 Å². The molecule has 4 nitrogen and oxygen atoms in total. The first-order valence-electron chi connectivity index (χ1n) is 2.66. The van der Waals surface area contributed by atoms with E-state index in [1.54, 1.807) is 0 Å². The first-order valence-corrected chi connectivity index (χ1v) is 3.47. The van der Waals surface area contributed by atoms with Gasteiger partial charge in [0.1, 0.15) is 0 Å². The predicted molar refractivity (Wildman–Crippen MR) is 44.9 cm³/mol. The van der Waals surface area contributed by atoms with Crippen molar-refractivity contribution in [2.24, 2.45) is 0 Å². The third-order valence-corrected chi connectivity index (χ3v) is 1.59. The molecule has 0 unspecified atom stereocenters. The summed E-state index contributed by atoms with van der Waals surface area (Å²) in [5.41, 5.74) is 0.